The maximum Gasteiger partial charge on any atom is 0.244 e. The van der Waals surface area contributed by atoms with E-state index in [0.717, 1.165) is 59.4 Å². The molecule has 0 spiro atoms. The van der Waals surface area contributed by atoms with E-state index in [-0.39, 0.29) is 24.9 Å². The summed E-state index contributed by atoms with van der Waals surface area (Å²) in [6, 6.07) is 18.9. The molecular weight excluding hydrogens is 605 g/mol. The molecule has 1 N–H and O–H groups in total. The fourth-order valence-electron chi connectivity index (χ4n) is 5.45. The van der Waals surface area contributed by atoms with Crippen molar-refractivity contribution in [2.75, 3.05) is 17.1 Å². The minimum Gasteiger partial charge on any atom is -0.352 e. The maximum atomic E-state index is 14.3. The van der Waals surface area contributed by atoms with E-state index in [1.54, 1.807) is 30.3 Å². The molecule has 0 bridgehead atoms. The van der Waals surface area contributed by atoms with Crippen LogP contribution in [-0.2, 0) is 32.6 Å². The molecule has 43 heavy (non-hydrogen) atoms. The Labute approximate surface area is 265 Å². The van der Waals surface area contributed by atoms with Gasteiger partial charge in [0, 0.05) is 34.6 Å². The number of anilines is 1. The van der Waals surface area contributed by atoms with E-state index in [1.807, 2.05) is 50.2 Å². The van der Waals surface area contributed by atoms with Crippen LogP contribution in [0.3, 0.4) is 0 Å². The van der Waals surface area contributed by atoms with Crippen LogP contribution < -0.4 is 9.62 Å². The Kier molecular flexibility index (Phi) is 11.2. The molecule has 230 valence electrons. The minimum absolute atomic E-state index is 0.0171. The van der Waals surface area contributed by atoms with Gasteiger partial charge in [0.05, 0.1) is 11.9 Å². The number of hydrogen-bond acceptors (Lipinski definition) is 4. The molecule has 0 heterocycles. The van der Waals surface area contributed by atoms with E-state index in [0.29, 0.717) is 21.3 Å². The molecule has 1 saturated carbocycles. The summed E-state index contributed by atoms with van der Waals surface area (Å²) in [7, 11) is -3.86. The number of nitrogens with zero attached hydrogens (tertiary/aromatic N) is 2. The first-order valence-electron chi connectivity index (χ1n) is 14.6. The Morgan fingerprint density at radius 1 is 0.907 bits per heavy atom. The predicted octanol–water partition coefficient (Wildman–Crippen LogP) is 6.47. The van der Waals surface area contributed by atoms with Crippen molar-refractivity contribution in [1.82, 2.24) is 10.2 Å². The molecule has 1 fully saturated rings. The van der Waals surface area contributed by atoms with Crippen LogP contribution in [-0.4, -0.2) is 50.0 Å². The van der Waals surface area contributed by atoms with Gasteiger partial charge in [-0.05, 0) is 67.6 Å². The van der Waals surface area contributed by atoms with Gasteiger partial charge in [0.15, 0.2) is 0 Å². The quantitative estimate of drug-likeness (QED) is 0.260. The number of carbonyl (C=O) groups excluding carboxylic acids is 2. The SMILES string of the molecule is Cc1ccc(N(CC(=O)N(Cc2c(Cl)cccc2Cl)[C@H](Cc2ccccc2)C(=O)NC2CCCCC2)S(C)(=O)=O)cc1C. The number of hydrogen-bond donors (Lipinski definition) is 1. The Balaban J connectivity index is 1.76. The first kappa shape index (κ1) is 32.8. The van der Waals surface area contributed by atoms with E-state index < -0.39 is 28.5 Å². The summed E-state index contributed by atoms with van der Waals surface area (Å²) in [6.07, 6.45) is 6.26. The molecule has 4 rings (SSSR count). The molecule has 10 heteroatoms. The maximum absolute atomic E-state index is 14.3. The lowest BCUT2D eigenvalue weighted by atomic mass is 9.94. The molecule has 1 aliphatic carbocycles. The Morgan fingerprint density at radius 3 is 2.16 bits per heavy atom. The average Bonchev–Trinajstić information content (AvgIpc) is 2.97. The number of rotatable bonds is 11. The van der Waals surface area contributed by atoms with Crippen LogP contribution in [0, 0.1) is 13.8 Å². The lowest BCUT2D eigenvalue weighted by molar-refractivity contribution is -0.140. The Morgan fingerprint density at radius 2 is 1.56 bits per heavy atom. The molecule has 0 unspecified atom stereocenters. The van der Waals surface area contributed by atoms with Crippen LogP contribution in [0.15, 0.2) is 66.7 Å². The highest BCUT2D eigenvalue weighted by molar-refractivity contribution is 7.92. The number of benzene rings is 3. The fourth-order valence-corrected chi connectivity index (χ4v) is 6.80. The summed E-state index contributed by atoms with van der Waals surface area (Å²) in [4.78, 5) is 29.8. The van der Waals surface area contributed by atoms with E-state index in [2.05, 4.69) is 5.32 Å². The third-order valence-corrected chi connectivity index (χ3v) is 9.92. The monoisotopic (exact) mass is 643 g/mol. The second-order valence-corrected chi connectivity index (χ2v) is 14.0. The zero-order valence-corrected chi connectivity index (χ0v) is 27.2. The lowest BCUT2D eigenvalue weighted by Crippen LogP contribution is -2.55. The van der Waals surface area contributed by atoms with Gasteiger partial charge in [-0.2, -0.15) is 0 Å². The van der Waals surface area contributed by atoms with Gasteiger partial charge in [0.25, 0.3) is 0 Å². The van der Waals surface area contributed by atoms with Crippen molar-refractivity contribution in [3.63, 3.8) is 0 Å². The zero-order chi connectivity index (χ0) is 31.1. The second-order valence-electron chi connectivity index (χ2n) is 11.3. The second kappa shape index (κ2) is 14.6. The normalized spacial score (nSPS) is 14.6. The van der Waals surface area contributed by atoms with E-state index in [4.69, 9.17) is 23.2 Å². The first-order chi connectivity index (χ1) is 20.4. The third-order valence-electron chi connectivity index (χ3n) is 8.07. The van der Waals surface area contributed by atoms with Crippen molar-refractivity contribution < 1.29 is 18.0 Å². The van der Waals surface area contributed by atoms with E-state index in [1.165, 1.54) is 4.90 Å². The highest BCUT2D eigenvalue weighted by atomic mass is 35.5. The molecule has 0 aromatic heterocycles. The largest absolute Gasteiger partial charge is 0.352 e. The average molecular weight is 645 g/mol. The summed E-state index contributed by atoms with van der Waals surface area (Å²) < 4.78 is 27.2. The van der Waals surface area contributed by atoms with Crippen LogP contribution in [0.1, 0.15) is 54.4 Å². The number of nitrogens with one attached hydrogen (secondary N) is 1. The van der Waals surface area contributed by atoms with Crippen LogP contribution in [0.25, 0.3) is 0 Å². The molecule has 0 radical (unpaired) electrons. The Bertz CT molecular complexity index is 1520. The smallest absolute Gasteiger partial charge is 0.244 e. The highest BCUT2D eigenvalue weighted by Crippen LogP contribution is 2.29. The number of aryl methyl sites for hydroxylation is 2. The summed E-state index contributed by atoms with van der Waals surface area (Å²) in [5.74, 6) is -0.830. The van der Waals surface area contributed by atoms with Crippen LogP contribution >= 0.6 is 23.2 Å². The van der Waals surface area contributed by atoms with Gasteiger partial charge >= 0.3 is 0 Å². The lowest BCUT2D eigenvalue weighted by Gasteiger charge is -2.35. The summed E-state index contributed by atoms with van der Waals surface area (Å²) >= 11 is 13.1. The molecule has 2 amide bonds. The molecule has 7 nitrogen and oxygen atoms in total. The Hall–Kier alpha value is -3.07. The van der Waals surface area contributed by atoms with Gasteiger partial charge in [-0.3, -0.25) is 13.9 Å². The molecule has 0 aliphatic heterocycles. The van der Waals surface area contributed by atoms with E-state index in [9.17, 15) is 18.0 Å². The highest BCUT2D eigenvalue weighted by Gasteiger charge is 2.34. The van der Waals surface area contributed by atoms with Gasteiger partial charge in [0.1, 0.15) is 12.6 Å². The van der Waals surface area contributed by atoms with Crippen molar-refractivity contribution >= 4 is 50.7 Å². The number of sulfonamides is 1. The minimum atomic E-state index is -3.86. The molecular formula is C33H39Cl2N3O4S. The first-order valence-corrected chi connectivity index (χ1v) is 17.2. The molecule has 0 saturated heterocycles. The van der Waals surface area contributed by atoms with E-state index >= 15 is 0 Å². The molecule has 1 aliphatic rings. The number of carbonyl (C=O) groups is 2. The summed E-state index contributed by atoms with van der Waals surface area (Å²) in [6.45, 7) is 3.25. The standard InChI is InChI=1S/C33H39Cl2N3O4S/c1-23-17-18-27(19-24(23)2)38(43(3,41)42)22-32(39)37(21-28-29(34)15-10-16-30(28)35)31(20-25-11-6-4-7-12-25)33(40)36-26-13-8-5-9-14-26/h4,6-7,10-12,15-19,26,31H,5,8-9,13-14,20-22H2,1-3H3,(H,36,40)/t31-/m1/s1. The zero-order valence-electron chi connectivity index (χ0n) is 24.9. The van der Waals surface area contributed by atoms with Crippen LogP contribution in [0.2, 0.25) is 10.0 Å². The van der Waals surface area contributed by atoms with Crippen molar-refractivity contribution in [2.24, 2.45) is 0 Å². The topological polar surface area (TPSA) is 86.8 Å². The third kappa shape index (κ3) is 8.74. The van der Waals surface area contributed by atoms with Crippen molar-refractivity contribution in [3.05, 3.63) is 99.0 Å². The van der Waals surface area contributed by atoms with Crippen molar-refractivity contribution in [2.45, 2.75) is 71.0 Å². The summed E-state index contributed by atoms with van der Waals surface area (Å²) in [5.41, 5.74) is 3.62. The van der Waals surface area contributed by atoms with Gasteiger partial charge in [0.2, 0.25) is 21.8 Å². The molecule has 3 aromatic carbocycles. The molecule has 1 atom stereocenters. The van der Waals surface area contributed by atoms with Gasteiger partial charge in [-0.25, -0.2) is 8.42 Å². The number of amides is 2. The van der Waals surface area contributed by atoms with Crippen molar-refractivity contribution in [1.29, 1.82) is 0 Å². The van der Waals surface area contributed by atoms with Gasteiger partial charge in [-0.1, -0.05) is 84.9 Å². The van der Waals surface area contributed by atoms with Gasteiger partial charge in [-0.15, -0.1) is 0 Å². The predicted molar refractivity (Wildman–Crippen MR) is 174 cm³/mol. The number of halogens is 2. The van der Waals surface area contributed by atoms with Crippen LogP contribution in [0.5, 0.6) is 0 Å². The summed E-state index contributed by atoms with van der Waals surface area (Å²) in [5, 5.41) is 3.89. The van der Waals surface area contributed by atoms with Crippen molar-refractivity contribution in [3.8, 4) is 0 Å². The molecule has 3 aromatic rings. The fraction of sp³-hybridized carbons (Fsp3) is 0.394. The van der Waals surface area contributed by atoms with Gasteiger partial charge < -0.3 is 10.2 Å². The van der Waals surface area contributed by atoms with Crippen LogP contribution in [0.4, 0.5) is 5.69 Å².